The first kappa shape index (κ1) is 19.0. The highest BCUT2D eigenvalue weighted by Crippen LogP contribution is 2.44. The second kappa shape index (κ2) is 8.04. The number of fused-ring (bicyclic) bond motifs is 1. The number of pyridine rings is 1. The molecule has 0 amide bonds. The molecule has 1 aliphatic heterocycles. The highest BCUT2D eigenvalue weighted by atomic mass is 16.4. The highest BCUT2D eigenvalue weighted by Gasteiger charge is 2.27. The van der Waals surface area contributed by atoms with Crippen LogP contribution in [-0.2, 0) is 12.8 Å². The van der Waals surface area contributed by atoms with Crippen LogP contribution in [0.2, 0.25) is 0 Å². The lowest BCUT2D eigenvalue weighted by molar-refractivity contribution is 0.0695. The molecule has 0 unspecified atom stereocenters. The second-order valence-corrected chi connectivity index (χ2v) is 8.41. The van der Waals surface area contributed by atoms with Gasteiger partial charge >= 0.3 is 5.97 Å². The molecule has 2 aliphatic rings. The Labute approximate surface area is 177 Å². The van der Waals surface area contributed by atoms with Crippen molar-refractivity contribution in [3.05, 3.63) is 88.7 Å². The van der Waals surface area contributed by atoms with Crippen molar-refractivity contribution in [2.45, 2.75) is 44.1 Å². The fourth-order valence-electron chi connectivity index (χ4n) is 4.72. The maximum Gasteiger partial charge on any atom is 0.336 e. The van der Waals surface area contributed by atoms with Crippen LogP contribution in [0.15, 0.2) is 60.9 Å². The van der Waals surface area contributed by atoms with Gasteiger partial charge in [0.2, 0.25) is 0 Å². The van der Waals surface area contributed by atoms with E-state index in [4.69, 9.17) is 0 Å². The van der Waals surface area contributed by atoms with Gasteiger partial charge in [0, 0.05) is 18.4 Å². The molecule has 0 radical (unpaired) electrons. The summed E-state index contributed by atoms with van der Waals surface area (Å²) >= 11 is 0. The molecule has 1 atom stereocenters. The SMILES string of the molecule is O=C(O)c1ccncc1CC[C@H]1NCCc2cc(-c3ccccc3C3CC3)ccc21. The standard InChI is InChI=1S/C26H26N2O2/c29-26(30)24-12-13-27-16-20(24)8-10-25-23-9-7-18(15-19(23)11-14-28-25)22-4-2-1-3-21(22)17-5-6-17/h1-4,7,9,12-13,15-17,25,28H,5-6,8,10-11,14H2,(H,29,30)/t25-/m1/s1. The average molecular weight is 399 g/mol. The Morgan fingerprint density at radius 1 is 1.10 bits per heavy atom. The van der Waals surface area contributed by atoms with Gasteiger partial charge in [-0.3, -0.25) is 4.98 Å². The number of hydrogen-bond acceptors (Lipinski definition) is 3. The minimum Gasteiger partial charge on any atom is -0.478 e. The largest absolute Gasteiger partial charge is 0.478 e. The van der Waals surface area contributed by atoms with E-state index in [1.54, 1.807) is 18.5 Å². The zero-order valence-corrected chi connectivity index (χ0v) is 17.0. The van der Waals surface area contributed by atoms with Gasteiger partial charge in [-0.2, -0.15) is 0 Å². The maximum absolute atomic E-state index is 11.5. The zero-order chi connectivity index (χ0) is 20.5. The van der Waals surface area contributed by atoms with Crippen molar-refractivity contribution in [3.8, 4) is 11.1 Å². The number of benzene rings is 2. The van der Waals surface area contributed by atoms with Gasteiger partial charge in [-0.25, -0.2) is 4.79 Å². The van der Waals surface area contributed by atoms with Gasteiger partial charge in [0.05, 0.1) is 5.56 Å². The van der Waals surface area contributed by atoms with Gasteiger partial charge < -0.3 is 10.4 Å². The predicted molar refractivity (Wildman–Crippen MR) is 118 cm³/mol. The molecule has 1 aliphatic carbocycles. The molecule has 1 saturated carbocycles. The van der Waals surface area contributed by atoms with Crippen LogP contribution in [0.5, 0.6) is 0 Å². The number of carboxylic acid groups (broad SMARTS) is 1. The van der Waals surface area contributed by atoms with Gasteiger partial charge in [-0.05, 0) is 84.0 Å². The predicted octanol–water partition coefficient (Wildman–Crippen LogP) is 5.14. The number of carbonyl (C=O) groups is 1. The number of carboxylic acids is 1. The van der Waals surface area contributed by atoms with Crippen molar-refractivity contribution in [2.24, 2.45) is 0 Å². The van der Waals surface area contributed by atoms with Crippen molar-refractivity contribution >= 4 is 5.97 Å². The molecule has 2 aromatic carbocycles. The van der Waals surface area contributed by atoms with Crippen LogP contribution in [0, 0.1) is 0 Å². The van der Waals surface area contributed by atoms with E-state index in [0.717, 1.165) is 30.9 Å². The van der Waals surface area contributed by atoms with Crippen LogP contribution >= 0.6 is 0 Å². The molecule has 2 heterocycles. The van der Waals surface area contributed by atoms with Crippen molar-refractivity contribution in [1.82, 2.24) is 10.3 Å². The van der Waals surface area contributed by atoms with E-state index in [2.05, 4.69) is 52.8 Å². The molecule has 30 heavy (non-hydrogen) atoms. The molecule has 152 valence electrons. The van der Waals surface area contributed by atoms with Gasteiger partial charge in [-0.15, -0.1) is 0 Å². The Kier molecular flexibility index (Phi) is 5.09. The Morgan fingerprint density at radius 3 is 2.80 bits per heavy atom. The normalized spacial score (nSPS) is 18.1. The molecule has 4 heteroatoms. The molecule has 0 saturated heterocycles. The number of nitrogens with zero attached hydrogens (tertiary/aromatic N) is 1. The smallest absolute Gasteiger partial charge is 0.336 e. The number of aryl methyl sites for hydroxylation is 1. The average Bonchev–Trinajstić information content (AvgIpc) is 3.63. The van der Waals surface area contributed by atoms with Gasteiger partial charge in [0.1, 0.15) is 0 Å². The third-order valence-corrected chi connectivity index (χ3v) is 6.43. The number of aromatic carboxylic acids is 1. The first-order valence-electron chi connectivity index (χ1n) is 10.8. The summed E-state index contributed by atoms with van der Waals surface area (Å²) < 4.78 is 0. The summed E-state index contributed by atoms with van der Waals surface area (Å²) in [6.45, 7) is 0.949. The summed E-state index contributed by atoms with van der Waals surface area (Å²) in [5.74, 6) is -0.155. The first-order chi connectivity index (χ1) is 14.7. The molecule has 1 fully saturated rings. The molecular formula is C26H26N2O2. The van der Waals surface area contributed by atoms with Crippen LogP contribution < -0.4 is 5.32 Å². The Bertz CT molecular complexity index is 1090. The van der Waals surface area contributed by atoms with Crippen LogP contribution in [-0.4, -0.2) is 22.6 Å². The van der Waals surface area contributed by atoms with E-state index in [1.807, 2.05) is 0 Å². The highest BCUT2D eigenvalue weighted by molar-refractivity contribution is 5.89. The summed E-state index contributed by atoms with van der Waals surface area (Å²) in [4.78, 5) is 15.6. The van der Waals surface area contributed by atoms with Crippen LogP contribution in [0.3, 0.4) is 0 Å². The van der Waals surface area contributed by atoms with E-state index in [-0.39, 0.29) is 6.04 Å². The van der Waals surface area contributed by atoms with Gasteiger partial charge in [0.25, 0.3) is 0 Å². The lowest BCUT2D eigenvalue weighted by Gasteiger charge is -2.28. The van der Waals surface area contributed by atoms with E-state index in [1.165, 1.54) is 40.7 Å². The Balaban J connectivity index is 1.39. The van der Waals surface area contributed by atoms with Crippen molar-refractivity contribution < 1.29 is 9.90 Å². The molecule has 0 spiro atoms. The lowest BCUT2D eigenvalue weighted by atomic mass is 9.87. The van der Waals surface area contributed by atoms with E-state index in [0.29, 0.717) is 12.0 Å². The Morgan fingerprint density at radius 2 is 1.97 bits per heavy atom. The molecule has 4 nitrogen and oxygen atoms in total. The summed E-state index contributed by atoms with van der Waals surface area (Å²) in [7, 11) is 0. The van der Waals surface area contributed by atoms with Crippen LogP contribution in [0.25, 0.3) is 11.1 Å². The van der Waals surface area contributed by atoms with Crippen molar-refractivity contribution in [1.29, 1.82) is 0 Å². The van der Waals surface area contributed by atoms with E-state index >= 15 is 0 Å². The minimum absolute atomic E-state index is 0.239. The summed E-state index contributed by atoms with van der Waals surface area (Å²) in [5.41, 5.74) is 8.08. The number of nitrogens with one attached hydrogen (secondary N) is 1. The third kappa shape index (κ3) is 3.75. The lowest BCUT2D eigenvalue weighted by Crippen LogP contribution is -2.30. The molecule has 3 aromatic rings. The fraction of sp³-hybridized carbons (Fsp3) is 0.308. The summed E-state index contributed by atoms with van der Waals surface area (Å²) in [6, 6.07) is 17.6. The van der Waals surface area contributed by atoms with Crippen LogP contribution in [0.1, 0.15) is 63.8 Å². The number of aromatic nitrogens is 1. The van der Waals surface area contributed by atoms with Gasteiger partial charge in [0.15, 0.2) is 0 Å². The topological polar surface area (TPSA) is 62.2 Å². The van der Waals surface area contributed by atoms with Crippen molar-refractivity contribution in [3.63, 3.8) is 0 Å². The molecule has 5 rings (SSSR count). The second-order valence-electron chi connectivity index (χ2n) is 8.41. The van der Waals surface area contributed by atoms with E-state index in [9.17, 15) is 9.90 Å². The van der Waals surface area contributed by atoms with Crippen molar-refractivity contribution in [2.75, 3.05) is 6.54 Å². The first-order valence-corrected chi connectivity index (χ1v) is 10.8. The number of rotatable bonds is 6. The van der Waals surface area contributed by atoms with Gasteiger partial charge in [-0.1, -0.05) is 42.5 Å². The summed E-state index contributed by atoms with van der Waals surface area (Å²) in [6.07, 6.45) is 8.42. The quantitative estimate of drug-likeness (QED) is 0.603. The third-order valence-electron chi connectivity index (χ3n) is 6.43. The fourth-order valence-corrected chi connectivity index (χ4v) is 4.72. The molecule has 0 bridgehead atoms. The van der Waals surface area contributed by atoms with E-state index < -0.39 is 5.97 Å². The number of hydrogen-bond donors (Lipinski definition) is 2. The summed E-state index contributed by atoms with van der Waals surface area (Å²) in [5, 5.41) is 13.0. The molecule has 2 N–H and O–H groups in total. The Hall–Kier alpha value is -2.98. The zero-order valence-electron chi connectivity index (χ0n) is 17.0. The van der Waals surface area contributed by atoms with Crippen LogP contribution in [0.4, 0.5) is 0 Å². The molecule has 1 aromatic heterocycles. The molecular weight excluding hydrogens is 372 g/mol. The monoisotopic (exact) mass is 398 g/mol. The maximum atomic E-state index is 11.5. The minimum atomic E-state index is -0.886.